The fourth-order valence-electron chi connectivity index (χ4n) is 1.65. The van der Waals surface area contributed by atoms with Crippen LogP contribution in [0.15, 0.2) is 18.2 Å². The molecule has 2 rings (SSSR count). The van der Waals surface area contributed by atoms with Gasteiger partial charge in [-0.25, -0.2) is 4.79 Å². The first-order valence-corrected chi connectivity index (χ1v) is 5.16. The Morgan fingerprint density at radius 3 is 2.94 bits per heavy atom. The molecule has 1 aromatic rings. The Morgan fingerprint density at radius 1 is 1.50 bits per heavy atom. The molecule has 16 heavy (non-hydrogen) atoms. The van der Waals surface area contributed by atoms with E-state index in [2.05, 4.69) is 0 Å². The lowest BCUT2D eigenvalue weighted by atomic mass is 10.1. The average molecular weight is 222 g/mol. The summed E-state index contributed by atoms with van der Waals surface area (Å²) in [5, 5.41) is 9.26. The summed E-state index contributed by atoms with van der Waals surface area (Å²) >= 11 is 0. The first-order chi connectivity index (χ1) is 7.66. The summed E-state index contributed by atoms with van der Waals surface area (Å²) in [6.45, 7) is 1.73. The molecule has 1 fully saturated rings. The Morgan fingerprint density at radius 2 is 2.31 bits per heavy atom. The Balaban J connectivity index is 1.94. The number of rotatable bonds is 3. The summed E-state index contributed by atoms with van der Waals surface area (Å²) in [6.07, 6.45) is 0.450. The van der Waals surface area contributed by atoms with Crippen LogP contribution in [0.5, 0.6) is 5.75 Å². The molecule has 5 nitrogen and oxygen atoms in total. The van der Waals surface area contributed by atoms with Crippen molar-refractivity contribution in [3.63, 3.8) is 0 Å². The van der Waals surface area contributed by atoms with E-state index >= 15 is 0 Å². The molecule has 1 amide bonds. The Labute approximate surface area is 93.4 Å². The van der Waals surface area contributed by atoms with Gasteiger partial charge in [0, 0.05) is 6.54 Å². The number of carbonyl (C=O) groups excluding carboxylic acids is 1. The SMILES string of the molecule is Nc1cc(CCN2CCOC2=O)ccc1O. The number of benzene rings is 1. The summed E-state index contributed by atoms with van der Waals surface area (Å²) in [4.78, 5) is 12.8. The molecule has 1 saturated heterocycles. The predicted molar refractivity (Wildman–Crippen MR) is 59.1 cm³/mol. The largest absolute Gasteiger partial charge is 0.506 e. The van der Waals surface area contributed by atoms with Crippen LogP contribution in [0.25, 0.3) is 0 Å². The molecule has 1 heterocycles. The maximum atomic E-state index is 11.2. The second kappa shape index (κ2) is 4.30. The summed E-state index contributed by atoms with van der Waals surface area (Å²) in [6, 6.07) is 5.08. The molecule has 0 aliphatic carbocycles. The number of nitrogen functional groups attached to an aromatic ring is 1. The summed E-state index contributed by atoms with van der Waals surface area (Å²) in [5.74, 6) is 0.0873. The van der Waals surface area contributed by atoms with Gasteiger partial charge in [0.2, 0.25) is 0 Å². The quantitative estimate of drug-likeness (QED) is 0.590. The highest BCUT2D eigenvalue weighted by atomic mass is 16.6. The fraction of sp³-hybridized carbons (Fsp3) is 0.364. The zero-order chi connectivity index (χ0) is 11.5. The monoisotopic (exact) mass is 222 g/mol. The van der Waals surface area contributed by atoms with E-state index in [1.54, 1.807) is 23.1 Å². The smallest absolute Gasteiger partial charge is 0.409 e. The molecule has 0 atom stereocenters. The molecule has 1 aromatic carbocycles. The number of ether oxygens (including phenoxy) is 1. The molecule has 0 unspecified atom stereocenters. The van der Waals surface area contributed by atoms with E-state index in [-0.39, 0.29) is 11.8 Å². The van der Waals surface area contributed by atoms with Crippen molar-refractivity contribution in [2.24, 2.45) is 0 Å². The number of phenolic OH excluding ortho intramolecular Hbond substituents is 1. The van der Waals surface area contributed by atoms with E-state index in [0.717, 1.165) is 5.56 Å². The number of cyclic esters (lactones) is 1. The van der Waals surface area contributed by atoms with Crippen LogP contribution in [0.1, 0.15) is 5.56 Å². The van der Waals surface area contributed by atoms with E-state index < -0.39 is 0 Å². The topological polar surface area (TPSA) is 75.8 Å². The third-order valence-corrected chi connectivity index (χ3v) is 2.61. The standard InChI is InChI=1S/C11H14N2O3/c12-9-7-8(1-2-10(9)14)3-4-13-5-6-16-11(13)15/h1-2,7,14H,3-6,12H2. The fourth-order valence-corrected chi connectivity index (χ4v) is 1.65. The van der Waals surface area contributed by atoms with Crippen molar-refractivity contribution in [2.45, 2.75) is 6.42 Å². The van der Waals surface area contributed by atoms with Gasteiger partial charge in [-0.05, 0) is 24.1 Å². The molecule has 0 radical (unpaired) electrons. The maximum absolute atomic E-state index is 11.2. The number of anilines is 1. The van der Waals surface area contributed by atoms with Crippen molar-refractivity contribution in [1.29, 1.82) is 0 Å². The molecule has 1 aliphatic rings. The van der Waals surface area contributed by atoms with Crippen LogP contribution in [-0.2, 0) is 11.2 Å². The Hall–Kier alpha value is -1.91. The molecule has 0 bridgehead atoms. The molecule has 0 saturated carbocycles. The maximum Gasteiger partial charge on any atom is 0.409 e. The third-order valence-electron chi connectivity index (χ3n) is 2.61. The van der Waals surface area contributed by atoms with Gasteiger partial charge >= 0.3 is 6.09 Å². The van der Waals surface area contributed by atoms with Crippen molar-refractivity contribution >= 4 is 11.8 Å². The first-order valence-electron chi connectivity index (χ1n) is 5.16. The van der Waals surface area contributed by atoms with Gasteiger partial charge < -0.3 is 20.5 Å². The van der Waals surface area contributed by atoms with Crippen LogP contribution >= 0.6 is 0 Å². The summed E-state index contributed by atoms with van der Waals surface area (Å²) in [5.41, 5.74) is 6.93. The van der Waals surface area contributed by atoms with Crippen molar-refractivity contribution in [1.82, 2.24) is 4.90 Å². The minimum Gasteiger partial charge on any atom is -0.506 e. The van der Waals surface area contributed by atoms with E-state index in [1.807, 2.05) is 0 Å². The third kappa shape index (κ3) is 2.18. The highest BCUT2D eigenvalue weighted by Crippen LogP contribution is 2.20. The minimum atomic E-state index is -0.258. The van der Waals surface area contributed by atoms with Crippen LogP contribution in [0.2, 0.25) is 0 Å². The Kier molecular flexibility index (Phi) is 2.85. The van der Waals surface area contributed by atoms with Crippen molar-refractivity contribution in [2.75, 3.05) is 25.4 Å². The van der Waals surface area contributed by atoms with Gasteiger partial charge in [-0.3, -0.25) is 0 Å². The molecule has 86 valence electrons. The van der Waals surface area contributed by atoms with Gasteiger partial charge in [0.1, 0.15) is 12.4 Å². The number of nitrogens with zero attached hydrogens (tertiary/aromatic N) is 1. The zero-order valence-corrected chi connectivity index (χ0v) is 8.85. The van der Waals surface area contributed by atoms with Crippen molar-refractivity contribution in [3.05, 3.63) is 23.8 Å². The zero-order valence-electron chi connectivity index (χ0n) is 8.85. The van der Waals surface area contributed by atoms with Crippen molar-refractivity contribution < 1.29 is 14.6 Å². The minimum absolute atomic E-state index is 0.0873. The molecular weight excluding hydrogens is 208 g/mol. The second-order valence-corrected chi connectivity index (χ2v) is 3.74. The molecule has 0 aromatic heterocycles. The van der Waals surface area contributed by atoms with Crippen LogP contribution < -0.4 is 5.73 Å². The number of phenols is 1. The number of amides is 1. The van der Waals surface area contributed by atoms with Crippen LogP contribution in [0, 0.1) is 0 Å². The number of carbonyl (C=O) groups is 1. The molecule has 3 N–H and O–H groups in total. The van der Waals surface area contributed by atoms with Gasteiger partial charge in [-0.1, -0.05) is 6.07 Å². The molecule has 1 aliphatic heterocycles. The lowest BCUT2D eigenvalue weighted by Crippen LogP contribution is -2.26. The van der Waals surface area contributed by atoms with Crippen LogP contribution in [0.4, 0.5) is 10.5 Å². The van der Waals surface area contributed by atoms with E-state index in [1.165, 1.54) is 0 Å². The van der Waals surface area contributed by atoms with Crippen LogP contribution in [-0.4, -0.2) is 35.8 Å². The van der Waals surface area contributed by atoms with Gasteiger partial charge in [0.25, 0.3) is 0 Å². The lowest BCUT2D eigenvalue weighted by molar-refractivity contribution is 0.159. The summed E-state index contributed by atoms with van der Waals surface area (Å²) < 4.78 is 4.82. The lowest BCUT2D eigenvalue weighted by Gasteiger charge is -2.12. The molecular formula is C11H14N2O3. The highest BCUT2D eigenvalue weighted by Gasteiger charge is 2.20. The first kappa shape index (κ1) is 10.6. The molecule has 0 spiro atoms. The summed E-state index contributed by atoms with van der Waals surface area (Å²) in [7, 11) is 0. The van der Waals surface area contributed by atoms with E-state index in [4.69, 9.17) is 10.5 Å². The Bertz CT molecular complexity index is 406. The number of hydrogen-bond acceptors (Lipinski definition) is 4. The van der Waals surface area contributed by atoms with E-state index in [9.17, 15) is 9.90 Å². The predicted octanol–water partition coefficient (Wildman–Crippen LogP) is 0.969. The molecule has 5 heteroatoms. The van der Waals surface area contributed by atoms with Gasteiger partial charge in [0.05, 0.1) is 12.2 Å². The normalized spacial score (nSPS) is 15.2. The van der Waals surface area contributed by atoms with Crippen LogP contribution in [0.3, 0.4) is 0 Å². The average Bonchev–Trinajstić information content (AvgIpc) is 2.66. The van der Waals surface area contributed by atoms with Gasteiger partial charge in [-0.2, -0.15) is 0 Å². The number of nitrogens with two attached hydrogens (primary N) is 1. The number of hydrogen-bond donors (Lipinski definition) is 2. The second-order valence-electron chi connectivity index (χ2n) is 3.74. The van der Waals surface area contributed by atoms with Gasteiger partial charge in [0.15, 0.2) is 0 Å². The van der Waals surface area contributed by atoms with Crippen molar-refractivity contribution in [3.8, 4) is 5.75 Å². The highest BCUT2D eigenvalue weighted by molar-refractivity contribution is 5.69. The van der Waals surface area contributed by atoms with E-state index in [0.29, 0.717) is 31.8 Å². The van der Waals surface area contributed by atoms with Gasteiger partial charge in [-0.15, -0.1) is 0 Å². The number of aromatic hydroxyl groups is 1.